The number of benzene rings is 1. The van der Waals surface area contributed by atoms with Crippen molar-refractivity contribution in [3.63, 3.8) is 0 Å². The molecular weight excluding hydrogens is 470 g/mol. The van der Waals surface area contributed by atoms with Crippen LogP contribution in [0.15, 0.2) is 71.9 Å². The monoisotopic (exact) mass is 495 g/mol. The average Bonchev–Trinajstić information content (AvgIpc) is 3.69. The molecule has 0 saturated heterocycles. The van der Waals surface area contributed by atoms with Crippen LogP contribution in [0.2, 0.25) is 0 Å². The van der Waals surface area contributed by atoms with E-state index in [1.165, 1.54) is 11.1 Å². The minimum Gasteiger partial charge on any atom is -0.385 e. The molecule has 0 aliphatic rings. The van der Waals surface area contributed by atoms with E-state index in [0.29, 0.717) is 31.2 Å². The molecule has 2 N–H and O–H groups in total. The van der Waals surface area contributed by atoms with Crippen molar-refractivity contribution in [3.05, 3.63) is 95.7 Å². The minimum atomic E-state index is -0.652. The molecule has 0 radical (unpaired) electrons. The summed E-state index contributed by atoms with van der Waals surface area (Å²) in [6.45, 7) is 4.17. The number of imidazole rings is 1. The van der Waals surface area contributed by atoms with Gasteiger partial charge in [0.15, 0.2) is 12.1 Å². The zero-order valence-corrected chi connectivity index (χ0v) is 20.2. The first-order valence-electron chi connectivity index (χ1n) is 11.8. The van der Waals surface area contributed by atoms with Gasteiger partial charge in [0.1, 0.15) is 17.6 Å². The Morgan fingerprint density at radius 3 is 2.65 bits per heavy atom. The van der Waals surface area contributed by atoms with Gasteiger partial charge in [0.25, 0.3) is 0 Å². The molecule has 4 heterocycles. The lowest BCUT2D eigenvalue weighted by molar-refractivity contribution is 0.184. The maximum atomic E-state index is 9.83. The number of hydrogen-bond acceptors (Lipinski definition) is 9. The van der Waals surface area contributed by atoms with Crippen LogP contribution in [0.4, 0.5) is 0 Å². The SMILES string of the molecule is C[C@H](O)c1nccn1Cc1cc(-c2ccc(C#Cc3ccc(CNCCn4ncnn4)nc3)cc2)on1. The van der Waals surface area contributed by atoms with Crippen LogP contribution in [0.5, 0.6) is 0 Å². The molecule has 5 aromatic rings. The molecule has 0 bridgehead atoms. The molecule has 37 heavy (non-hydrogen) atoms. The van der Waals surface area contributed by atoms with E-state index >= 15 is 0 Å². The summed E-state index contributed by atoms with van der Waals surface area (Å²) in [5.41, 5.74) is 4.32. The third-order valence-electron chi connectivity index (χ3n) is 5.54. The lowest BCUT2D eigenvalue weighted by atomic mass is 10.1. The first-order chi connectivity index (χ1) is 18.1. The van der Waals surface area contributed by atoms with Gasteiger partial charge in [-0.3, -0.25) is 4.98 Å². The Labute approximate surface area is 213 Å². The second-order valence-electron chi connectivity index (χ2n) is 8.35. The molecule has 186 valence electrons. The quantitative estimate of drug-likeness (QED) is 0.233. The Bertz CT molecular complexity index is 1480. The highest BCUT2D eigenvalue weighted by Gasteiger charge is 2.12. The smallest absolute Gasteiger partial charge is 0.167 e. The van der Waals surface area contributed by atoms with Gasteiger partial charge in [-0.2, -0.15) is 4.80 Å². The van der Waals surface area contributed by atoms with Crippen molar-refractivity contribution in [2.75, 3.05) is 6.54 Å². The largest absolute Gasteiger partial charge is 0.385 e. The number of aliphatic hydroxyl groups is 1. The molecule has 0 aliphatic heterocycles. The number of pyridine rings is 1. The number of nitrogens with zero attached hydrogens (tertiary/aromatic N) is 8. The van der Waals surface area contributed by atoms with Crippen LogP contribution in [0, 0.1) is 11.8 Å². The van der Waals surface area contributed by atoms with Crippen LogP contribution in [0.25, 0.3) is 11.3 Å². The number of rotatable bonds is 9. The van der Waals surface area contributed by atoms with E-state index in [4.69, 9.17) is 4.52 Å². The normalized spacial score (nSPS) is 11.7. The van der Waals surface area contributed by atoms with Crippen LogP contribution in [0.3, 0.4) is 0 Å². The van der Waals surface area contributed by atoms with E-state index in [9.17, 15) is 5.11 Å². The number of aliphatic hydroxyl groups excluding tert-OH is 1. The lowest BCUT2D eigenvalue weighted by Gasteiger charge is -2.07. The first-order valence-corrected chi connectivity index (χ1v) is 11.8. The summed E-state index contributed by atoms with van der Waals surface area (Å²) in [5.74, 6) is 7.58. The van der Waals surface area contributed by atoms with Crippen molar-refractivity contribution < 1.29 is 9.63 Å². The Kier molecular flexibility index (Phi) is 7.40. The van der Waals surface area contributed by atoms with Gasteiger partial charge in [0, 0.05) is 54.4 Å². The highest BCUT2D eigenvalue weighted by atomic mass is 16.5. The summed E-state index contributed by atoms with van der Waals surface area (Å²) in [7, 11) is 0. The predicted octanol–water partition coefficient (Wildman–Crippen LogP) is 2.21. The molecule has 0 amide bonds. The van der Waals surface area contributed by atoms with Crippen molar-refractivity contribution in [1.82, 2.24) is 45.2 Å². The highest BCUT2D eigenvalue weighted by molar-refractivity contribution is 5.59. The van der Waals surface area contributed by atoms with Crippen LogP contribution in [-0.2, 0) is 19.6 Å². The molecular formula is C26H25N9O2. The maximum absolute atomic E-state index is 9.83. The average molecular weight is 496 g/mol. The fourth-order valence-corrected chi connectivity index (χ4v) is 3.67. The van der Waals surface area contributed by atoms with E-state index in [2.05, 4.69) is 47.7 Å². The summed E-state index contributed by atoms with van der Waals surface area (Å²) in [5, 5.41) is 28.8. The van der Waals surface area contributed by atoms with Gasteiger partial charge in [-0.25, -0.2) is 4.98 Å². The maximum Gasteiger partial charge on any atom is 0.167 e. The van der Waals surface area contributed by atoms with Crippen molar-refractivity contribution in [1.29, 1.82) is 0 Å². The van der Waals surface area contributed by atoms with Gasteiger partial charge in [-0.15, -0.1) is 10.2 Å². The fourth-order valence-electron chi connectivity index (χ4n) is 3.67. The molecule has 1 atom stereocenters. The number of hydrogen-bond donors (Lipinski definition) is 2. The van der Waals surface area contributed by atoms with E-state index < -0.39 is 6.10 Å². The number of nitrogens with one attached hydrogen (secondary N) is 1. The summed E-state index contributed by atoms with van der Waals surface area (Å²) >= 11 is 0. The van der Waals surface area contributed by atoms with E-state index in [0.717, 1.165) is 34.6 Å². The second kappa shape index (κ2) is 11.4. The van der Waals surface area contributed by atoms with Crippen molar-refractivity contribution in [3.8, 4) is 23.2 Å². The van der Waals surface area contributed by atoms with Gasteiger partial charge < -0.3 is 19.5 Å². The molecule has 0 saturated carbocycles. The first kappa shape index (κ1) is 24.1. The van der Waals surface area contributed by atoms with Crippen LogP contribution < -0.4 is 5.32 Å². The molecule has 0 fully saturated rings. The predicted molar refractivity (Wildman–Crippen MR) is 134 cm³/mol. The zero-order valence-electron chi connectivity index (χ0n) is 20.2. The van der Waals surface area contributed by atoms with Crippen LogP contribution in [0.1, 0.15) is 41.4 Å². The topological polar surface area (TPSA) is 133 Å². The number of aromatic nitrogens is 8. The van der Waals surface area contributed by atoms with Gasteiger partial charge in [0.2, 0.25) is 0 Å². The summed E-state index contributed by atoms with van der Waals surface area (Å²) in [6.07, 6.45) is 6.01. The van der Waals surface area contributed by atoms with Gasteiger partial charge in [-0.05, 0) is 48.5 Å². The molecule has 0 unspecified atom stereocenters. The van der Waals surface area contributed by atoms with Crippen molar-refractivity contribution in [2.24, 2.45) is 0 Å². The van der Waals surface area contributed by atoms with Gasteiger partial charge >= 0.3 is 0 Å². The Morgan fingerprint density at radius 2 is 1.89 bits per heavy atom. The molecule has 0 aliphatic carbocycles. The minimum absolute atomic E-state index is 0.469. The Morgan fingerprint density at radius 1 is 1.05 bits per heavy atom. The Hall–Kier alpha value is -4.66. The second-order valence-corrected chi connectivity index (χ2v) is 8.35. The standard InChI is InChI=1S/C26H25N9O2/c1-19(36)26-28-11-12-34(26)17-24-14-25(37-32-24)22-7-4-20(5-8-22)2-3-21-6-9-23(29-15-21)16-27-10-13-35-31-18-30-33-35/h4-9,11-12,14-15,18-19,27,36H,10,13,16-17H2,1H3/t19-/m0/s1. The fraction of sp³-hybridized carbons (Fsp3) is 0.231. The van der Waals surface area contributed by atoms with Gasteiger partial charge in [-0.1, -0.05) is 17.0 Å². The van der Waals surface area contributed by atoms with E-state index in [-0.39, 0.29) is 0 Å². The number of tetrazole rings is 1. The molecule has 1 aromatic carbocycles. The Balaban J connectivity index is 1.14. The summed E-state index contributed by atoms with van der Waals surface area (Å²) in [6, 6.07) is 13.6. The summed E-state index contributed by atoms with van der Waals surface area (Å²) in [4.78, 5) is 10.2. The van der Waals surface area contributed by atoms with Crippen LogP contribution >= 0.6 is 0 Å². The van der Waals surface area contributed by atoms with Gasteiger partial charge in [0.05, 0.1) is 18.8 Å². The molecule has 4 aromatic heterocycles. The lowest BCUT2D eigenvalue weighted by Crippen LogP contribution is -2.21. The molecule has 0 spiro atoms. The summed E-state index contributed by atoms with van der Waals surface area (Å²) < 4.78 is 7.38. The third-order valence-corrected chi connectivity index (χ3v) is 5.54. The molecule has 11 nitrogen and oxygen atoms in total. The molecule has 11 heteroatoms. The highest BCUT2D eigenvalue weighted by Crippen LogP contribution is 2.22. The van der Waals surface area contributed by atoms with Crippen molar-refractivity contribution in [2.45, 2.75) is 32.7 Å². The van der Waals surface area contributed by atoms with E-state index in [1.807, 2.05) is 53.2 Å². The third kappa shape index (κ3) is 6.32. The van der Waals surface area contributed by atoms with Crippen molar-refractivity contribution >= 4 is 0 Å². The zero-order chi connectivity index (χ0) is 25.5. The molecule has 5 rings (SSSR count). The van der Waals surface area contributed by atoms with Crippen LogP contribution in [-0.4, -0.2) is 51.6 Å². The van der Waals surface area contributed by atoms with E-state index in [1.54, 1.807) is 19.3 Å².